The molecule has 0 heterocycles. The number of nitrogens with two attached hydrogens (primary N) is 1. The highest BCUT2D eigenvalue weighted by atomic mass is 127. The average Bonchev–Trinajstić information content (AvgIpc) is 2.28. The molecular weight excluding hydrogens is 323 g/mol. The molecule has 0 fully saturated rings. The zero-order valence-corrected chi connectivity index (χ0v) is 12.1. The van der Waals surface area contributed by atoms with Gasteiger partial charge in [0.25, 0.3) is 0 Å². The lowest BCUT2D eigenvalue weighted by Crippen LogP contribution is -1.99. The van der Waals surface area contributed by atoms with Crippen LogP contribution >= 0.6 is 22.6 Å². The van der Waals surface area contributed by atoms with Crippen molar-refractivity contribution in [2.45, 2.75) is 13.8 Å². The third-order valence-corrected chi connectivity index (χ3v) is 3.56. The number of halogens is 1. The van der Waals surface area contributed by atoms with E-state index in [1.54, 1.807) is 0 Å². The zero-order valence-electron chi connectivity index (χ0n) is 9.92. The highest BCUT2D eigenvalue weighted by Gasteiger charge is 2.03. The van der Waals surface area contributed by atoms with Gasteiger partial charge < -0.3 is 11.1 Å². The third kappa shape index (κ3) is 2.72. The van der Waals surface area contributed by atoms with Crippen molar-refractivity contribution >= 4 is 39.7 Å². The van der Waals surface area contributed by atoms with Crippen molar-refractivity contribution in [3.63, 3.8) is 0 Å². The largest absolute Gasteiger partial charge is 0.397 e. The van der Waals surface area contributed by atoms with Gasteiger partial charge in [-0.2, -0.15) is 0 Å². The predicted octanol–water partition coefficient (Wildman–Crippen LogP) is 4.23. The van der Waals surface area contributed by atoms with Crippen molar-refractivity contribution in [2.24, 2.45) is 0 Å². The minimum Gasteiger partial charge on any atom is -0.397 e. The van der Waals surface area contributed by atoms with Crippen LogP contribution in [-0.4, -0.2) is 0 Å². The minimum absolute atomic E-state index is 0.776. The number of hydrogen-bond acceptors (Lipinski definition) is 2. The van der Waals surface area contributed by atoms with Crippen molar-refractivity contribution in [3.8, 4) is 0 Å². The summed E-state index contributed by atoms with van der Waals surface area (Å²) in [7, 11) is 0. The van der Waals surface area contributed by atoms with Gasteiger partial charge in [0.1, 0.15) is 0 Å². The molecule has 2 nitrogen and oxygen atoms in total. The summed E-state index contributed by atoms with van der Waals surface area (Å²) in [4.78, 5) is 0. The third-order valence-electron chi connectivity index (χ3n) is 2.89. The first-order chi connectivity index (χ1) is 8.08. The smallest absolute Gasteiger partial charge is 0.0618 e. The monoisotopic (exact) mass is 338 g/mol. The van der Waals surface area contributed by atoms with Crippen molar-refractivity contribution in [1.29, 1.82) is 0 Å². The molecule has 0 spiro atoms. The van der Waals surface area contributed by atoms with Crippen LogP contribution in [0.1, 0.15) is 11.1 Å². The molecule has 2 rings (SSSR count). The van der Waals surface area contributed by atoms with E-state index in [2.05, 4.69) is 53.9 Å². The second-order valence-electron chi connectivity index (χ2n) is 4.10. The van der Waals surface area contributed by atoms with Gasteiger partial charge >= 0.3 is 0 Å². The molecule has 88 valence electrons. The average molecular weight is 338 g/mol. The summed E-state index contributed by atoms with van der Waals surface area (Å²) in [6.45, 7) is 4.22. The highest BCUT2D eigenvalue weighted by molar-refractivity contribution is 14.1. The highest BCUT2D eigenvalue weighted by Crippen LogP contribution is 2.27. The molecule has 0 aromatic heterocycles. The quantitative estimate of drug-likeness (QED) is 0.635. The lowest BCUT2D eigenvalue weighted by Gasteiger charge is -2.13. The first-order valence-electron chi connectivity index (χ1n) is 5.46. The molecule has 0 saturated heterocycles. The molecule has 17 heavy (non-hydrogen) atoms. The Morgan fingerprint density at radius 1 is 1.06 bits per heavy atom. The van der Waals surface area contributed by atoms with E-state index < -0.39 is 0 Å². The number of anilines is 3. The SMILES string of the molecule is Cc1cccc(Nc2ccc(I)cc2N)c1C. The maximum absolute atomic E-state index is 5.99. The fourth-order valence-electron chi connectivity index (χ4n) is 1.68. The van der Waals surface area contributed by atoms with Gasteiger partial charge in [-0.1, -0.05) is 12.1 Å². The summed E-state index contributed by atoms with van der Waals surface area (Å²) in [5.41, 5.74) is 11.4. The molecule has 0 aliphatic carbocycles. The van der Waals surface area contributed by atoms with Gasteiger partial charge in [-0.05, 0) is 71.8 Å². The first-order valence-corrected chi connectivity index (χ1v) is 6.54. The molecule has 0 unspecified atom stereocenters. The normalized spacial score (nSPS) is 10.3. The molecule has 3 N–H and O–H groups in total. The zero-order chi connectivity index (χ0) is 12.4. The molecule has 0 amide bonds. The van der Waals surface area contributed by atoms with Crippen LogP contribution in [0.4, 0.5) is 17.1 Å². The van der Waals surface area contributed by atoms with Gasteiger partial charge in [-0.15, -0.1) is 0 Å². The molecule has 0 atom stereocenters. The van der Waals surface area contributed by atoms with Crippen LogP contribution in [0.2, 0.25) is 0 Å². The van der Waals surface area contributed by atoms with Gasteiger partial charge in [0.15, 0.2) is 0 Å². The second-order valence-corrected chi connectivity index (χ2v) is 5.35. The van der Waals surface area contributed by atoms with Crippen LogP contribution in [-0.2, 0) is 0 Å². The molecular formula is C14H15IN2. The Labute approximate surface area is 115 Å². The fourth-order valence-corrected chi connectivity index (χ4v) is 2.19. The minimum atomic E-state index is 0.776. The maximum atomic E-state index is 5.99. The molecule has 2 aromatic carbocycles. The molecule has 0 saturated carbocycles. The van der Waals surface area contributed by atoms with Gasteiger partial charge in [-0.25, -0.2) is 0 Å². The van der Waals surface area contributed by atoms with E-state index >= 15 is 0 Å². The number of rotatable bonds is 2. The Balaban J connectivity index is 2.35. The first kappa shape index (κ1) is 12.2. The topological polar surface area (TPSA) is 38.0 Å². The maximum Gasteiger partial charge on any atom is 0.0618 e. The van der Waals surface area contributed by atoms with E-state index in [-0.39, 0.29) is 0 Å². The van der Waals surface area contributed by atoms with E-state index in [1.807, 2.05) is 24.3 Å². The summed E-state index contributed by atoms with van der Waals surface area (Å²) >= 11 is 2.26. The Kier molecular flexibility index (Phi) is 3.57. The van der Waals surface area contributed by atoms with Crippen LogP contribution in [0.15, 0.2) is 36.4 Å². The summed E-state index contributed by atoms with van der Waals surface area (Å²) in [6, 6.07) is 12.3. The van der Waals surface area contributed by atoms with Crippen molar-refractivity contribution in [1.82, 2.24) is 0 Å². The lowest BCUT2D eigenvalue weighted by molar-refractivity contribution is 1.33. The predicted molar refractivity (Wildman–Crippen MR) is 82.8 cm³/mol. The molecule has 0 aliphatic heterocycles. The molecule has 0 bridgehead atoms. The number of aryl methyl sites for hydroxylation is 1. The van der Waals surface area contributed by atoms with E-state index in [0.717, 1.165) is 20.6 Å². The van der Waals surface area contributed by atoms with Gasteiger partial charge in [0, 0.05) is 9.26 Å². The molecule has 3 heteroatoms. The Hall–Kier alpha value is -1.23. The number of benzene rings is 2. The lowest BCUT2D eigenvalue weighted by atomic mass is 10.1. The number of hydrogen-bond donors (Lipinski definition) is 2. The summed E-state index contributed by atoms with van der Waals surface area (Å²) in [5.74, 6) is 0. The van der Waals surface area contributed by atoms with E-state index in [4.69, 9.17) is 5.73 Å². The number of nitrogens with one attached hydrogen (secondary N) is 1. The fraction of sp³-hybridized carbons (Fsp3) is 0.143. The standard InChI is InChI=1S/C14H15IN2/c1-9-4-3-5-13(10(9)2)17-14-7-6-11(15)8-12(14)16/h3-8,17H,16H2,1-2H3. The van der Waals surface area contributed by atoms with Crippen molar-refractivity contribution in [3.05, 3.63) is 51.1 Å². The van der Waals surface area contributed by atoms with Gasteiger partial charge in [-0.3, -0.25) is 0 Å². The van der Waals surface area contributed by atoms with Crippen LogP contribution in [0.5, 0.6) is 0 Å². The van der Waals surface area contributed by atoms with Gasteiger partial charge in [0.05, 0.1) is 11.4 Å². The van der Waals surface area contributed by atoms with Crippen LogP contribution in [0, 0.1) is 17.4 Å². The number of nitrogen functional groups attached to an aromatic ring is 1. The van der Waals surface area contributed by atoms with Crippen molar-refractivity contribution in [2.75, 3.05) is 11.1 Å². The Morgan fingerprint density at radius 3 is 2.53 bits per heavy atom. The van der Waals surface area contributed by atoms with Crippen LogP contribution in [0.25, 0.3) is 0 Å². The molecule has 0 radical (unpaired) electrons. The van der Waals surface area contributed by atoms with E-state index in [0.29, 0.717) is 0 Å². The summed E-state index contributed by atoms with van der Waals surface area (Å²) < 4.78 is 1.15. The molecule has 2 aromatic rings. The van der Waals surface area contributed by atoms with Crippen LogP contribution in [0.3, 0.4) is 0 Å². The van der Waals surface area contributed by atoms with E-state index in [1.165, 1.54) is 11.1 Å². The Morgan fingerprint density at radius 2 is 1.82 bits per heavy atom. The van der Waals surface area contributed by atoms with Crippen molar-refractivity contribution < 1.29 is 0 Å². The Bertz CT molecular complexity index is 550. The van der Waals surface area contributed by atoms with Crippen LogP contribution < -0.4 is 11.1 Å². The van der Waals surface area contributed by atoms with Gasteiger partial charge in [0.2, 0.25) is 0 Å². The summed E-state index contributed by atoms with van der Waals surface area (Å²) in [5, 5.41) is 3.38. The summed E-state index contributed by atoms with van der Waals surface area (Å²) in [6.07, 6.45) is 0. The second kappa shape index (κ2) is 4.96. The molecule has 0 aliphatic rings. The van der Waals surface area contributed by atoms with E-state index in [9.17, 15) is 0 Å².